The number of thiol groups is 1. The second-order valence-electron chi connectivity index (χ2n) is 6.74. The molecule has 0 aromatic heterocycles. The quantitative estimate of drug-likeness (QED) is 0.239. The molecular formula is C20H22N2O4S. The summed E-state index contributed by atoms with van der Waals surface area (Å²) in [6.45, 7) is 3.69. The van der Waals surface area contributed by atoms with Crippen LogP contribution in [0.1, 0.15) is 37.8 Å². The predicted molar refractivity (Wildman–Crippen MR) is 107 cm³/mol. The molecule has 1 amide bonds. The molecule has 0 radical (unpaired) electrons. The number of carbonyl (C=O) groups is 1. The largest absolute Gasteiger partial charge is 0.440 e. The van der Waals surface area contributed by atoms with E-state index in [0.29, 0.717) is 23.8 Å². The lowest BCUT2D eigenvalue weighted by molar-refractivity contribution is 0.0420. The molecule has 0 bridgehead atoms. The van der Waals surface area contributed by atoms with Crippen molar-refractivity contribution in [2.75, 3.05) is 5.32 Å². The molecule has 2 aromatic carbocycles. The SMILES string of the molecule is CC1(C)OC(=O)Nc2cc(OC(CCCc3ccccc3)=NOS)ccc21. The van der Waals surface area contributed by atoms with Crippen molar-refractivity contribution in [2.24, 2.45) is 5.16 Å². The van der Waals surface area contributed by atoms with Gasteiger partial charge in [-0.05, 0) is 49.5 Å². The lowest BCUT2D eigenvalue weighted by Gasteiger charge is -2.32. The van der Waals surface area contributed by atoms with Gasteiger partial charge in [0.2, 0.25) is 5.90 Å². The van der Waals surface area contributed by atoms with Crippen LogP contribution in [0.25, 0.3) is 0 Å². The number of benzene rings is 2. The average molecular weight is 386 g/mol. The molecule has 142 valence electrons. The maximum atomic E-state index is 11.7. The van der Waals surface area contributed by atoms with Crippen LogP contribution in [0.3, 0.4) is 0 Å². The zero-order chi connectivity index (χ0) is 19.3. The first kappa shape index (κ1) is 19.1. The smallest absolute Gasteiger partial charge is 0.412 e. The number of fused-ring (bicyclic) bond motifs is 1. The first-order valence-electron chi connectivity index (χ1n) is 8.72. The van der Waals surface area contributed by atoms with Gasteiger partial charge >= 0.3 is 6.09 Å². The van der Waals surface area contributed by atoms with E-state index < -0.39 is 11.7 Å². The maximum Gasteiger partial charge on any atom is 0.412 e. The fraction of sp³-hybridized carbons (Fsp3) is 0.300. The van der Waals surface area contributed by atoms with Crippen LogP contribution in [0.2, 0.25) is 0 Å². The molecule has 0 aliphatic carbocycles. The highest BCUT2D eigenvalue weighted by Gasteiger charge is 2.33. The molecule has 0 saturated carbocycles. The van der Waals surface area contributed by atoms with E-state index in [1.807, 2.05) is 44.2 Å². The van der Waals surface area contributed by atoms with E-state index in [1.165, 1.54) is 5.56 Å². The predicted octanol–water partition coefficient (Wildman–Crippen LogP) is 5.06. The van der Waals surface area contributed by atoms with E-state index in [1.54, 1.807) is 6.07 Å². The van der Waals surface area contributed by atoms with Crippen molar-refractivity contribution in [2.45, 2.75) is 38.7 Å². The van der Waals surface area contributed by atoms with Crippen LogP contribution in [0.15, 0.2) is 53.7 Å². The Balaban J connectivity index is 1.67. The fourth-order valence-electron chi connectivity index (χ4n) is 3.02. The average Bonchev–Trinajstić information content (AvgIpc) is 2.61. The minimum atomic E-state index is -0.697. The summed E-state index contributed by atoms with van der Waals surface area (Å²) in [4.78, 5) is 11.7. The zero-order valence-electron chi connectivity index (χ0n) is 15.3. The third-order valence-electron chi connectivity index (χ3n) is 4.30. The summed E-state index contributed by atoms with van der Waals surface area (Å²) in [6, 6.07) is 15.6. The highest BCUT2D eigenvalue weighted by molar-refractivity contribution is 7.75. The molecule has 2 aromatic rings. The molecule has 3 rings (SSSR count). The van der Waals surface area contributed by atoms with Gasteiger partial charge in [-0.2, -0.15) is 0 Å². The van der Waals surface area contributed by atoms with Crippen molar-refractivity contribution in [3.05, 3.63) is 59.7 Å². The van der Waals surface area contributed by atoms with Gasteiger partial charge in [0.05, 0.1) is 18.6 Å². The fourth-order valence-corrected chi connectivity index (χ4v) is 3.11. The second-order valence-corrected chi connectivity index (χ2v) is 6.90. The first-order valence-corrected chi connectivity index (χ1v) is 9.08. The third kappa shape index (κ3) is 4.95. The van der Waals surface area contributed by atoms with Gasteiger partial charge in [0.25, 0.3) is 0 Å². The second kappa shape index (κ2) is 8.35. The molecule has 1 aliphatic heterocycles. The van der Waals surface area contributed by atoms with Gasteiger partial charge in [0.1, 0.15) is 11.4 Å². The van der Waals surface area contributed by atoms with Gasteiger partial charge in [-0.3, -0.25) is 5.32 Å². The number of aryl methyl sites for hydroxylation is 1. The van der Waals surface area contributed by atoms with Gasteiger partial charge in [0.15, 0.2) is 0 Å². The van der Waals surface area contributed by atoms with Crippen molar-refractivity contribution in [1.29, 1.82) is 0 Å². The van der Waals surface area contributed by atoms with E-state index in [2.05, 4.69) is 39.8 Å². The molecule has 7 heteroatoms. The number of nitrogens with one attached hydrogen (secondary N) is 1. The number of amides is 1. The number of hydrogen-bond acceptors (Lipinski definition) is 6. The molecule has 0 fully saturated rings. The number of anilines is 1. The number of nitrogens with zero attached hydrogens (tertiary/aromatic N) is 1. The number of carbonyl (C=O) groups excluding carboxylic acids is 1. The Morgan fingerprint density at radius 1 is 1.22 bits per heavy atom. The number of rotatable bonds is 6. The summed E-state index contributed by atoms with van der Waals surface area (Å²) in [7, 11) is 0. The van der Waals surface area contributed by atoms with Crippen LogP contribution < -0.4 is 10.1 Å². The summed E-state index contributed by atoms with van der Waals surface area (Å²) >= 11 is 3.69. The van der Waals surface area contributed by atoms with E-state index in [-0.39, 0.29) is 0 Å². The van der Waals surface area contributed by atoms with Crippen LogP contribution in [0.5, 0.6) is 5.75 Å². The molecule has 0 unspecified atom stereocenters. The van der Waals surface area contributed by atoms with Gasteiger partial charge in [-0.25, -0.2) is 4.79 Å². The Morgan fingerprint density at radius 2 is 2.00 bits per heavy atom. The molecule has 6 nitrogen and oxygen atoms in total. The topological polar surface area (TPSA) is 69.2 Å². The van der Waals surface area contributed by atoms with E-state index >= 15 is 0 Å². The summed E-state index contributed by atoms with van der Waals surface area (Å²) in [6.07, 6.45) is 1.86. The number of hydrogen-bond donors (Lipinski definition) is 2. The molecule has 1 N–H and O–H groups in total. The Morgan fingerprint density at radius 3 is 2.74 bits per heavy atom. The van der Waals surface area contributed by atoms with Crippen molar-refractivity contribution >= 4 is 30.6 Å². The molecule has 27 heavy (non-hydrogen) atoms. The molecule has 1 aliphatic rings. The Hall–Kier alpha value is -2.67. The minimum Gasteiger partial charge on any atom is -0.440 e. The first-order chi connectivity index (χ1) is 13.0. The lowest BCUT2D eigenvalue weighted by Crippen LogP contribution is -2.34. The molecule has 0 atom stereocenters. The highest BCUT2D eigenvalue weighted by Crippen LogP contribution is 2.37. The number of oxime groups is 1. The van der Waals surface area contributed by atoms with Crippen LogP contribution in [-0.2, 0) is 21.0 Å². The van der Waals surface area contributed by atoms with E-state index in [9.17, 15) is 4.79 Å². The van der Waals surface area contributed by atoms with E-state index in [4.69, 9.17) is 9.47 Å². The Labute approximate surface area is 164 Å². The molecular weight excluding hydrogens is 364 g/mol. The monoisotopic (exact) mass is 386 g/mol. The van der Waals surface area contributed by atoms with Crippen molar-refractivity contribution < 1.29 is 18.6 Å². The normalized spacial score (nSPS) is 15.4. The van der Waals surface area contributed by atoms with Crippen LogP contribution in [0, 0.1) is 0 Å². The lowest BCUT2D eigenvalue weighted by atomic mass is 9.95. The maximum absolute atomic E-state index is 11.7. The summed E-state index contributed by atoms with van der Waals surface area (Å²) < 4.78 is 15.8. The zero-order valence-corrected chi connectivity index (χ0v) is 16.2. The molecule has 0 spiro atoms. The Kier molecular flexibility index (Phi) is 5.91. The minimum absolute atomic E-state index is 0.415. The third-order valence-corrected chi connectivity index (χ3v) is 4.38. The van der Waals surface area contributed by atoms with Crippen LogP contribution in [-0.4, -0.2) is 12.0 Å². The van der Waals surface area contributed by atoms with Crippen molar-refractivity contribution in [3.8, 4) is 5.75 Å². The standard InChI is InChI=1S/C20H22N2O4S/c1-20(2)16-12-11-15(13-17(16)21-19(23)25-20)24-18(22-26-27)10-6-9-14-7-4-3-5-8-14/h3-5,7-8,11-13,27H,6,9-10H2,1-2H3,(H,21,23). The van der Waals surface area contributed by atoms with Gasteiger partial charge < -0.3 is 13.8 Å². The molecule has 0 saturated heterocycles. The summed E-state index contributed by atoms with van der Waals surface area (Å²) in [5.74, 6) is 0.967. The van der Waals surface area contributed by atoms with E-state index in [0.717, 1.165) is 18.4 Å². The van der Waals surface area contributed by atoms with Gasteiger partial charge in [-0.1, -0.05) is 30.3 Å². The van der Waals surface area contributed by atoms with Crippen LogP contribution in [0.4, 0.5) is 10.5 Å². The summed E-state index contributed by atoms with van der Waals surface area (Å²) in [5, 5.41) is 6.55. The Bertz CT molecular complexity index is 837. The molecule has 1 heterocycles. The highest BCUT2D eigenvalue weighted by atomic mass is 32.1. The van der Waals surface area contributed by atoms with Gasteiger partial charge in [-0.15, -0.1) is 0 Å². The van der Waals surface area contributed by atoms with Crippen LogP contribution >= 0.6 is 12.9 Å². The van der Waals surface area contributed by atoms with Crippen molar-refractivity contribution in [3.63, 3.8) is 0 Å². The number of ether oxygens (including phenoxy) is 2. The summed E-state index contributed by atoms with van der Waals surface area (Å²) in [5.41, 5.74) is 2.09. The number of cyclic esters (lactones) is 1. The van der Waals surface area contributed by atoms with Crippen molar-refractivity contribution in [1.82, 2.24) is 0 Å². The van der Waals surface area contributed by atoms with Gasteiger partial charge in [0, 0.05) is 18.1 Å².